The van der Waals surface area contributed by atoms with Gasteiger partial charge in [0.2, 0.25) is 12.1 Å². The Balaban J connectivity index is 0.879. The maximum Gasteiger partial charge on any atom is 0.309 e. The van der Waals surface area contributed by atoms with Crippen molar-refractivity contribution in [3.8, 4) is 0 Å². The van der Waals surface area contributed by atoms with E-state index in [1.165, 1.54) is 0 Å². The number of carbonyl (C=O) groups is 1. The number of nitrogens with zero attached hydrogens (tertiary/aromatic N) is 1. The molecule has 1 saturated carbocycles. The molecule has 10 heteroatoms. The predicted molar refractivity (Wildman–Crippen MR) is 164 cm³/mol. The van der Waals surface area contributed by atoms with Crippen LogP contribution in [0, 0.1) is 23.7 Å². The van der Waals surface area contributed by atoms with Crippen LogP contribution in [0.5, 0.6) is 0 Å². The maximum atomic E-state index is 12.8. The van der Waals surface area contributed by atoms with Crippen molar-refractivity contribution in [2.45, 2.75) is 103 Å². The Bertz CT molecular complexity index is 1280. The lowest BCUT2D eigenvalue weighted by Crippen LogP contribution is -2.70. The molecule has 4 aliphatic heterocycles. The second-order valence-electron chi connectivity index (χ2n) is 13.1. The third kappa shape index (κ3) is 6.40. The van der Waals surface area contributed by atoms with Gasteiger partial charge in [0.05, 0.1) is 11.9 Å². The minimum Gasteiger partial charge on any atom is -0.435 e. The van der Waals surface area contributed by atoms with Crippen LogP contribution >= 0.6 is 11.6 Å². The van der Waals surface area contributed by atoms with Crippen LogP contribution in [0.4, 0.5) is 5.69 Å². The Morgan fingerprint density at radius 3 is 2.74 bits per heavy atom. The van der Waals surface area contributed by atoms with Gasteiger partial charge < -0.3 is 24.8 Å². The van der Waals surface area contributed by atoms with Gasteiger partial charge in [-0.25, -0.2) is 9.78 Å². The topological polar surface area (TPSA) is 100 Å². The van der Waals surface area contributed by atoms with Crippen molar-refractivity contribution in [3.63, 3.8) is 0 Å². The highest BCUT2D eigenvalue weighted by Crippen LogP contribution is 2.60. The third-order valence-corrected chi connectivity index (χ3v) is 10.4. The predicted octanol–water partition coefficient (Wildman–Crippen LogP) is 6.59. The number of esters is 1. The molecule has 1 aromatic heterocycles. The minimum atomic E-state index is -0.836. The SMILES string of the molecule is C[C@H]1[C@@H](OC(=O)CCNCCCCCCNc2ccnc3cc(Cl)ccc23)OC2O[C@]3(C)CC[C@H]4[C@H](C)CC[C@@H]1[C@@]24OO3. The molecule has 5 fully saturated rings. The van der Waals surface area contributed by atoms with Crippen LogP contribution in [0.1, 0.15) is 78.6 Å². The first-order chi connectivity index (χ1) is 20.8. The van der Waals surface area contributed by atoms with E-state index in [1.54, 1.807) is 0 Å². The summed E-state index contributed by atoms with van der Waals surface area (Å²) in [7, 11) is 0. The van der Waals surface area contributed by atoms with Crippen LogP contribution in [0.25, 0.3) is 10.9 Å². The lowest BCUT2D eigenvalue weighted by atomic mass is 9.58. The van der Waals surface area contributed by atoms with Gasteiger partial charge in [-0.2, -0.15) is 0 Å². The van der Waals surface area contributed by atoms with Crippen molar-refractivity contribution in [2.75, 3.05) is 25.0 Å². The van der Waals surface area contributed by atoms with Crippen molar-refractivity contribution in [2.24, 2.45) is 23.7 Å². The van der Waals surface area contributed by atoms with E-state index in [4.69, 9.17) is 35.6 Å². The molecule has 1 spiro atoms. The fourth-order valence-corrected chi connectivity index (χ4v) is 7.90. The van der Waals surface area contributed by atoms with Crippen molar-refractivity contribution in [1.29, 1.82) is 0 Å². The number of hydrogen-bond acceptors (Lipinski definition) is 9. The van der Waals surface area contributed by atoms with Crippen molar-refractivity contribution in [1.82, 2.24) is 10.3 Å². The number of pyridine rings is 1. The fraction of sp³-hybridized carbons (Fsp3) is 0.697. The van der Waals surface area contributed by atoms with Crippen LogP contribution in [0.2, 0.25) is 5.02 Å². The first kappa shape index (κ1) is 31.0. The molecule has 1 unspecified atom stereocenters. The molecule has 1 aromatic carbocycles. The molecule has 2 bridgehead atoms. The van der Waals surface area contributed by atoms with E-state index in [1.807, 2.05) is 37.4 Å². The van der Waals surface area contributed by atoms with E-state index in [9.17, 15) is 4.79 Å². The average Bonchev–Trinajstić information content (AvgIpc) is 3.22. The summed E-state index contributed by atoms with van der Waals surface area (Å²) in [5.74, 6) is -0.163. The van der Waals surface area contributed by atoms with Gasteiger partial charge in [-0.05, 0) is 81.7 Å². The number of hydrogen-bond donors (Lipinski definition) is 2. The Labute approximate surface area is 259 Å². The Morgan fingerprint density at radius 2 is 1.88 bits per heavy atom. The highest BCUT2D eigenvalue weighted by Gasteiger charge is 2.69. The molecule has 0 radical (unpaired) electrons. The van der Waals surface area contributed by atoms with Crippen molar-refractivity contribution in [3.05, 3.63) is 35.5 Å². The highest BCUT2D eigenvalue weighted by atomic mass is 35.5. The van der Waals surface area contributed by atoms with Gasteiger partial charge in [-0.3, -0.25) is 9.78 Å². The summed E-state index contributed by atoms with van der Waals surface area (Å²) in [4.78, 5) is 29.2. The van der Waals surface area contributed by atoms with Crippen LogP contribution in [-0.4, -0.2) is 54.6 Å². The number of anilines is 1. The smallest absolute Gasteiger partial charge is 0.309 e. The number of fused-ring (bicyclic) bond motifs is 3. The van der Waals surface area contributed by atoms with Gasteiger partial charge in [0.25, 0.3) is 0 Å². The van der Waals surface area contributed by atoms with Crippen LogP contribution < -0.4 is 10.6 Å². The van der Waals surface area contributed by atoms with Crippen molar-refractivity contribution >= 4 is 34.2 Å². The van der Waals surface area contributed by atoms with E-state index in [0.29, 0.717) is 29.8 Å². The highest BCUT2D eigenvalue weighted by molar-refractivity contribution is 6.31. The number of benzene rings is 1. The molecule has 43 heavy (non-hydrogen) atoms. The zero-order valence-corrected chi connectivity index (χ0v) is 26.4. The number of unbranched alkanes of at least 4 members (excludes halogenated alkanes) is 3. The number of aromatic nitrogens is 1. The summed E-state index contributed by atoms with van der Waals surface area (Å²) >= 11 is 6.09. The molecule has 5 heterocycles. The first-order valence-corrected chi connectivity index (χ1v) is 16.6. The molecule has 4 saturated heterocycles. The maximum absolute atomic E-state index is 12.8. The molecule has 236 valence electrons. The van der Waals surface area contributed by atoms with Crippen LogP contribution in [0.3, 0.4) is 0 Å². The Hall–Kier alpha value is -2.01. The molecular weight excluding hydrogens is 570 g/mol. The van der Waals surface area contributed by atoms with Gasteiger partial charge in [-0.15, -0.1) is 0 Å². The van der Waals surface area contributed by atoms with Gasteiger partial charge in [0, 0.05) is 53.6 Å². The zero-order valence-electron chi connectivity index (χ0n) is 25.6. The van der Waals surface area contributed by atoms with Gasteiger partial charge in [0.1, 0.15) is 0 Å². The van der Waals surface area contributed by atoms with E-state index < -0.39 is 24.0 Å². The number of nitrogens with one attached hydrogen (secondary N) is 2. The molecule has 2 aromatic rings. The number of carbonyl (C=O) groups excluding carboxylic acids is 1. The fourth-order valence-electron chi connectivity index (χ4n) is 7.74. The molecule has 9 nitrogen and oxygen atoms in total. The summed E-state index contributed by atoms with van der Waals surface area (Å²) in [6.45, 7) is 8.68. The van der Waals surface area contributed by atoms with Crippen LogP contribution in [-0.2, 0) is 28.8 Å². The summed E-state index contributed by atoms with van der Waals surface area (Å²) in [5, 5.41) is 8.70. The normalized spacial score (nSPS) is 34.9. The standard InChI is InChI=1S/C33H46ClN3O6/c1-21-8-11-26-22(2)30(40-31-33(26)25(21)12-15-32(3,41-31)42-43-33)39-29(38)14-18-35-16-6-4-5-7-17-36-27-13-19-37-28-20-23(34)9-10-24(27)28/h9-10,13,19-22,25-26,30-31,35H,4-8,11-12,14-18H2,1-3H3,(H,36,37)/t21-,22-,25+,26+,30+,31?,32+,33-/m1/s1. The average molecular weight is 616 g/mol. The minimum absolute atomic E-state index is 0.0110. The second-order valence-corrected chi connectivity index (χ2v) is 13.6. The summed E-state index contributed by atoms with van der Waals surface area (Å²) < 4.78 is 18.6. The van der Waals surface area contributed by atoms with E-state index >= 15 is 0 Å². The second kappa shape index (κ2) is 13.2. The largest absolute Gasteiger partial charge is 0.435 e. The van der Waals surface area contributed by atoms with E-state index in [2.05, 4.69) is 29.5 Å². The van der Waals surface area contributed by atoms with E-state index in [-0.39, 0.29) is 17.8 Å². The number of ether oxygens (including phenoxy) is 3. The van der Waals surface area contributed by atoms with Gasteiger partial charge in [0.15, 0.2) is 11.9 Å². The van der Waals surface area contributed by atoms with Crippen molar-refractivity contribution < 1.29 is 28.8 Å². The molecular formula is C33H46ClN3O6. The molecule has 7 rings (SSSR count). The summed E-state index contributed by atoms with van der Waals surface area (Å²) in [6, 6.07) is 7.80. The molecule has 1 aliphatic carbocycles. The molecule has 0 amide bonds. The quantitative estimate of drug-likeness (QED) is 0.156. The zero-order chi connectivity index (χ0) is 30.0. The Kier molecular flexibility index (Phi) is 9.48. The van der Waals surface area contributed by atoms with Crippen LogP contribution in [0.15, 0.2) is 30.5 Å². The summed E-state index contributed by atoms with van der Waals surface area (Å²) in [5.41, 5.74) is 1.35. The third-order valence-electron chi connectivity index (χ3n) is 10.2. The number of halogens is 1. The van der Waals surface area contributed by atoms with E-state index in [0.717, 1.165) is 81.0 Å². The molecule has 5 aliphatic rings. The monoisotopic (exact) mass is 615 g/mol. The molecule has 8 atom stereocenters. The lowest BCUT2D eigenvalue weighted by molar-refractivity contribution is -0.576. The summed E-state index contributed by atoms with van der Waals surface area (Å²) in [6.07, 6.45) is 9.13. The van der Waals surface area contributed by atoms with Gasteiger partial charge >= 0.3 is 5.97 Å². The van der Waals surface area contributed by atoms with Gasteiger partial charge in [-0.1, -0.05) is 38.3 Å². The number of rotatable bonds is 12. The lowest BCUT2D eigenvalue weighted by Gasteiger charge is -2.59. The first-order valence-electron chi connectivity index (χ1n) is 16.2. The molecule has 2 N–H and O–H groups in total. The Morgan fingerprint density at radius 1 is 1.05 bits per heavy atom.